The molecular weight excluding hydrogens is 368 g/mol. The van der Waals surface area contributed by atoms with Crippen molar-refractivity contribution < 1.29 is 56.2 Å². The predicted molar refractivity (Wildman–Crippen MR) is 65.8 cm³/mol. The van der Waals surface area contributed by atoms with Crippen LogP contribution < -0.4 is 17.2 Å². The Bertz CT molecular complexity index is 604. The lowest BCUT2D eigenvalue weighted by atomic mass is 10.2. The highest BCUT2D eigenvalue weighted by atomic mass is 31.2. The zero-order valence-electron chi connectivity index (χ0n) is 10.9. The SMILES string of the molecule is NC(=O)OP(=O)(O)OC(=O)C[C@H](N)C(=O)OP(=O)(O)OC(N)=O. The zero-order chi connectivity index (χ0) is 18.4. The molecule has 17 heteroatoms. The van der Waals surface area contributed by atoms with Gasteiger partial charge in [0.25, 0.3) is 0 Å². The second kappa shape index (κ2) is 7.89. The number of carbonyl (C=O) groups is 4. The molecule has 0 aromatic carbocycles. The van der Waals surface area contributed by atoms with E-state index in [2.05, 4.69) is 29.6 Å². The molecule has 0 saturated carbocycles. The smallest absolute Gasteiger partial charge is 0.361 e. The van der Waals surface area contributed by atoms with Gasteiger partial charge in [-0.3, -0.25) is 14.6 Å². The third-order valence-corrected chi connectivity index (χ3v) is 3.19. The number of amides is 2. The van der Waals surface area contributed by atoms with Crippen LogP contribution in [0.5, 0.6) is 0 Å². The number of primary amides is 2. The summed E-state index contributed by atoms with van der Waals surface area (Å²) in [6.45, 7) is 0. The maximum absolute atomic E-state index is 11.3. The molecule has 23 heavy (non-hydrogen) atoms. The molecule has 0 heterocycles. The average molecular weight is 379 g/mol. The van der Waals surface area contributed by atoms with Crippen molar-refractivity contribution in [3.05, 3.63) is 0 Å². The summed E-state index contributed by atoms with van der Waals surface area (Å²) in [5.74, 6) is -3.33. The van der Waals surface area contributed by atoms with Gasteiger partial charge in [-0.25, -0.2) is 23.5 Å². The lowest BCUT2D eigenvalue weighted by Gasteiger charge is -2.14. The van der Waals surface area contributed by atoms with Crippen molar-refractivity contribution in [2.75, 3.05) is 0 Å². The standard InChI is InChI=1S/C6H11N3O12P2/c7-2(4(11)19-23(16,17)21-6(9)13)1-3(10)18-22(14,15)20-5(8)12/h2H,1,7H2,(H2,8,12)(H2,9,13)(H,14,15)(H,16,17)/t2-/m0/s1. The average Bonchev–Trinajstić information content (AvgIpc) is 2.22. The Morgan fingerprint density at radius 3 is 1.65 bits per heavy atom. The first kappa shape index (κ1) is 20.8. The molecule has 15 nitrogen and oxygen atoms in total. The van der Waals surface area contributed by atoms with Gasteiger partial charge >= 0.3 is 39.8 Å². The van der Waals surface area contributed by atoms with Crippen molar-refractivity contribution in [2.24, 2.45) is 17.2 Å². The largest absolute Gasteiger partial charge is 0.590 e. The number of nitrogens with two attached hydrogens (primary N) is 3. The van der Waals surface area contributed by atoms with E-state index in [1.165, 1.54) is 0 Å². The molecule has 0 radical (unpaired) electrons. The molecule has 0 fully saturated rings. The second-order valence-electron chi connectivity index (χ2n) is 3.44. The van der Waals surface area contributed by atoms with E-state index < -0.39 is 52.2 Å². The highest BCUT2D eigenvalue weighted by Gasteiger charge is 2.35. The van der Waals surface area contributed by atoms with Crippen LogP contribution in [0.25, 0.3) is 0 Å². The molecule has 0 aliphatic carbocycles. The molecule has 132 valence electrons. The van der Waals surface area contributed by atoms with Crippen molar-refractivity contribution in [1.29, 1.82) is 0 Å². The number of hydrogen-bond donors (Lipinski definition) is 5. The number of phosphoric acid groups is 2. The van der Waals surface area contributed by atoms with Gasteiger partial charge in [0.2, 0.25) is 0 Å². The summed E-state index contributed by atoms with van der Waals surface area (Å²) in [6, 6.07) is -1.96. The summed E-state index contributed by atoms with van der Waals surface area (Å²) in [5.41, 5.74) is 13.9. The van der Waals surface area contributed by atoms with E-state index in [1.54, 1.807) is 0 Å². The Morgan fingerprint density at radius 2 is 1.26 bits per heavy atom. The molecule has 0 rings (SSSR count). The van der Waals surface area contributed by atoms with Gasteiger partial charge in [-0.15, -0.1) is 0 Å². The Labute approximate surface area is 126 Å². The lowest BCUT2D eigenvalue weighted by molar-refractivity contribution is -0.143. The van der Waals surface area contributed by atoms with Crippen LogP contribution in [-0.4, -0.2) is 40.0 Å². The maximum Gasteiger partial charge on any atom is 0.590 e. The van der Waals surface area contributed by atoms with Gasteiger partial charge < -0.3 is 35.3 Å². The first-order chi connectivity index (χ1) is 10.2. The van der Waals surface area contributed by atoms with Crippen molar-refractivity contribution in [3.8, 4) is 0 Å². The van der Waals surface area contributed by atoms with Gasteiger partial charge in [-0.2, -0.15) is 0 Å². The van der Waals surface area contributed by atoms with Crippen molar-refractivity contribution in [2.45, 2.75) is 12.5 Å². The Balaban J connectivity index is 4.61. The summed E-state index contributed by atoms with van der Waals surface area (Å²) in [7, 11) is -10.4. The molecule has 2 unspecified atom stereocenters. The van der Waals surface area contributed by atoms with Crippen molar-refractivity contribution in [1.82, 2.24) is 0 Å². The Morgan fingerprint density at radius 1 is 0.870 bits per heavy atom. The van der Waals surface area contributed by atoms with Crippen LogP contribution in [0.3, 0.4) is 0 Å². The van der Waals surface area contributed by atoms with Crippen molar-refractivity contribution in [3.63, 3.8) is 0 Å². The van der Waals surface area contributed by atoms with Crippen LogP contribution in [0.1, 0.15) is 6.42 Å². The van der Waals surface area contributed by atoms with Crippen LogP contribution in [0.15, 0.2) is 0 Å². The molecule has 0 aromatic rings. The molecule has 0 aromatic heterocycles. The van der Waals surface area contributed by atoms with E-state index in [1.807, 2.05) is 0 Å². The highest BCUT2D eigenvalue weighted by Crippen LogP contribution is 2.44. The minimum Gasteiger partial charge on any atom is -0.361 e. The van der Waals surface area contributed by atoms with Gasteiger partial charge in [-0.05, 0) is 0 Å². The maximum atomic E-state index is 11.3. The summed E-state index contributed by atoms with van der Waals surface area (Å²) >= 11 is 0. The fourth-order valence-electron chi connectivity index (χ4n) is 0.875. The first-order valence-corrected chi connectivity index (χ1v) is 8.08. The second-order valence-corrected chi connectivity index (χ2v) is 6.05. The van der Waals surface area contributed by atoms with E-state index in [4.69, 9.17) is 15.5 Å². The summed E-state index contributed by atoms with van der Waals surface area (Å²) in [6.07, 6.45) is -4.60. The number of phosphoric ester groups is 2. The minimum atomic E-state index is -5.21. The van der Waals surface area contributed by atoms with Crippen LogP contribution in [0.4, 0.5) is 9.59 Å². The molecule has 0 aliphatic rings. The fraction of sp³-hybridized carbons (Fsp3) is 0.333. The summed E-state index contributed by atoms with van der Waals surface area (Å²) in [5, 5.41) is 0. The molecule has 0 saturated heterocycles. The van der Waals surface area contributed by atoms with Crippen LogP contribution in [-0.2, 0) is 36.8 Å². The molecular formula is C6H11N3O12P2. The van der Waals surface area contributed by atoms with Gasteiger partial charge in [-0.1, -0.05) is 0 Å². The summed E-state index contributed by atoms with van der Waals surface area (Å²) < 4.78 is 36.8. The lowest BCUT2D eigenvalue weighted by Crippen LogP contribution is -2.34. The summed E-state index contributed by atoms with van der Waals surface area (Å²) in [4.78, 5) is 60.7. The number of carbonyl (C=O) groups excluding carboxylic acids is 4. The minimum absolute atomic E-state index is 1.14. The normalized spacial score (nSPS) is 16.8. The molecule has 2 amide bonds. The van der Waals surface area contributed by atoms with E-state index in [0.29, 0.717) is 0 Å². The highest BCUT2D eigenvalue weighted by molar-refractivity contribution is 7.48. The quantitative estimate of drug-likeness (QED) is 0.305. The number of hydrogen-bond acceptors (Lipinski definition) is 11. The topological polar surface area (TPSA) is 258 Å². The molecule has 0 aliphatic heterocycles. The van der Waals surface area contributed by atoms with E-state index in [0.717, 1.165) is 0 Å². The third-order valence-electron chi connectivity index (χ3n) is 1.52. The van der Waals surface area contributed by atoms with Gasteiger partial charge in [0.05, 0.1) is 6.42 Å². The Hall–Kier alpha value is -2.18. The third kappa shape index (κ3) is 9.44. The predicted octanol–water partition coefficient (Wildman–Crippen LogP) is -1.82. The number of rotatable bonds is 7. The molecule has 0 spiro atoms. The Kier molecular flexibility index (Phi) is 7.15. The molecule has 3 atom stereocenters. The van der Waals surface area contributed by atoms with E-state index in [-0.39, 0.29) is 0 Å². The monoisotopic (exact) mass is 379 g/mol. The van der Waals surface area contributed by atoms with Crippen LogP contribution in [0.2, 0.25) is 0 Å². The fourth-order valence-corrected chi connectivity index (χ4v) is 2.10. The van der Waals surface area contributed by atoms with Crippen molar-refractivity contribution >= 4 is 39.8 Å². The van der Waals surface area contributed by atoms with Gasteiger partial charge in [0, 0.05) is 0 Å². The van der Waals surface area contributed by atoms with Crippen LogP contribution >= 0.6 is 15.6 Å². The van der Waals surface area contributed by atoms with E-state index >= 15 is 0 Å². The zero-order valence-corrected chi connectivity index (χ0v) is 12.7. The van der Waals surface area contributed by atoms with Crippen LogP contribution in [0, 0.1) is 0 Å². The van der Waals surface area contributed by atoms with E-state index in [9.17, 15) is 28.3 Å². The molecule has 8 N–H and O–H groups in total. The molecule has 0 bridgehead atoms. The van der Waals surface area contributed by atoms with Gasteiger partial charge in [0.1, 0.15) is 6.04 Å². The first-order valence-electron chi connectivity index (χ1n) is 5.09. The van der Waals surface area contributed by atoms with Gasteiger partial charge in [0.15, 0.2) is 0 Å².